The van der Waals surface area contributed by atoms with Gasteiger partial charge >= 0.3 is 6.03 Å². The van der Waals surface area contributed by atoms with Crippen molar-refractivity contribution in [3.05, 3.63) is 52.9 Å². The second-order valence-electron chi connectivity index (χ2n) is 4.81. The number of anilines is 1. The fourth-order valence-electron chi connectivity index (χ4n) is 1.94. The lowest BCUT2D eigenvalue weighted by atomic mass is 10.1. The Bertz CT molecular complexity index is 570. The number of benzene rings is 1. The van der Waals surface area contributed by atoms with Gasteiger partial charge < -0.3 is 15.2 Å². The molecule has 0 fully saturated rings. The molecule has 2 amide bonds. The fourth-order valence-corrected chi connectivity index (χ4v) is 2.55. The predicted molar refractivity (Wildman–Crippen MR) is 88.3 cm³/mol. The van der Waals surface area contributed by atoms with E-state index in [1.54, 1.807) is 0 Å². The topological polar surface area (TPSA) is 70.6 Å². The van der Waals surface area contributed by atoms with Crippen LogP contribution in [-0.2, 0) is 4.74 Å². The summed E-state index contributed by atoms with van der Waals surface area (Å²) in [5.41, 5.74) is 2.13. The molecule has 0 spiro atoms. The van der Waals surface area contributed by atoms with E-state index in [1.807, 2.05) is 48.7 Å². The molecule has 0 bridgehead atoms. The van der Waals surface area contributed by atoms with Gasteiger partial charge in [0.2, 0.25) is 0 Å². The highest BCUT2D eigenvalue weighted by Gasteiger charge is 2.13. The number of carbonyl (C=O) groups excluding carboxylic acids is 1. The van der Waals surface area contributed by atoms with Gasteiger partial charge in [0.25, 0.3) is 0 Å². The lowest BCUT2D eigenvalue weighted by molar-refractivity contribution is 0.0297. The van der Waals surface area contributed by atoms with E-state index in [0.717, 1.165) is 16.1 Å². The second kappa shape index (κ2) is 8.53. The third-order valence-electron chi connectivity index (χ3n) is 3.07. The molecule has 1 aromatic carbocycles. The van der Waals surface area contributed by atoms with Crippen LogP contribution in [0.4, 0.5) is 9.80 Å². The molecule has 1 unspecified atom stereocenters. The lowest BCUT2D eigenvalue weighted by Crippen LogP contribution is -2.33. The van der Waals surface area contributed by atoms with Crippen LogP contribution in [0.15, 0.2) is 41.8 Å². The van der Waals surface area contributed by atoms with Gasteiger partial charge in [-0.1, -0.05) is 29.8 Å². The van der Waals surface area contributed by atoms with Crippen molar-refractivity contribution in [3.8, 4) is 0 Å². The Morgan fingerprint density at radius 3 is 2.73 bits per heavy atom. The average Bonchev–Trinajstić information content (AvgIpc) is 3.01. The van der Waals surface area contributed by atoms with Crippen LogP contribution in [0.25, 0.3) is 0 Å². The Balaban J connectivity index is 1.91. The number of carbonyl (C=O) groups is 1. The summed E-state index contributed by atoms with van der Waals surface area (Å²) in [5, 5.41) is 17.2. The SMILES string of the molecule is Cc1ccc(C(CNC(=O)Nc2cccs2)OCCO)cc1. The molecule has 0 aliphatic heterocycles. The molecule has 6 heteroatoms. The molecular formula is C16H20N2O3S. The van der Waals surface area contributed by atoms with Crippen LogP contribution in [0, 0.1) is 6.92 Å². The van der Waals surface area contributed by atoms with Crippen molar-refractivity contribution >= 4 is 22.4 Å². The van der Waals surface area contributed by atoms with E-state index in [-0.39, 0.29) is 25.3 Å². The molecule has 22 heavy (non-hydrogen) atoms. The van der Waals surface area contributed by atoms with E-state index in [2.05, 4.69) is 10.6 Å². The maximum Gasteiger partial charge on any atom is 0.319 e. The van der Waals surface area contributed by atoms with E-state index < -0.39 is 0 Å². The van der Waals surface area contributed by atoms with Crippen LogP contribution in [0.2, 0.25) is 0 Å². The number of hydrogen-bond acceptors (Lipinski definition) is 4. The zero-order valence-corrected chi connectivity index (χ0v) is 13.2. The second-order valence-corrected chi connectivity index (χ2v) is 5.75. The Kier molecular flexibility index (Phi) is 6.39. The van der Waals surface area contributed by atoms with Crippen molar-refractivity contribution in [2.45, 2.75) is 13.0 Å². The van der Waals surface area contributed by atoms with Crippen LogP contribution in [-0.4, -0.2) is 30.9 Å². The van der Waals surface area contributed by atoms with Gasteiger partial charge in [-0.05, 0) is 30.0 Å². The summed E-state index contributed by atoms with van der Waals surface area (Å²) in [5.74, 6) is 0. The first-order valence-corrected chi connectivity index (χ1v) is 7.94. The number of thiophene rings is 1. The molecular weight excluding hydrogens is 300 g/mol. The average molecular weight is 320 g/mol. The highest BCUT2D eigenvalue weighted by atomic mass is 32.1. The van der Waals surface area contributed by atoms with Crippen molar-refractivity contribution in [2.24, 2.45) is 0 Å². The van der Waals surface area contributed by atoms with Gasteiger partial charge in [-0.2, -0.15) is 0 Å². The molecule has 5 nitrogen and oxygen atoms in total. The normalized spacial score (nSPS) is 11.9. The molecule has 0 saturated carbocycles. The molecule has 2 rings (SSSR count). The standard InChI is InChI=1S/C16H20N2O3S/c1-12-4-6-13(7-5-12)14(21-9-8-19)11-17-16(20)18-15-3-2-10-22-15/h2-7,10,14,19H,8-9,11H2,1H3,(H2,17,18,20). The molecule has 1 heterocycles. The van der Waals surface area contributed by atoms with Crippen molar-refractivity contribution in [1.82, 2.24) is 5.32 Å². The largest absolute Gasteiger partial charge is 0.394 e. The molecule has 1 atom stereocenters. The van der Waals surface area contributed by atoms with Crippen LogP contribution >= 0.6 is 11.3 Å². The Hall–Kier alpha value is -1.89. The summed E-state index contributed by atoms with van der Waals surface area (Å²) in [6.45, 7) is 2.52. The number of nitrogens with one attached hydrogen (secondary N) is 2. The van der Waals surface area contributed by atoms with Crippen LogP contribution in [0.3, 0.4) is 0 Å². The Labute approximate surface area is 133 Å². The van der Waals surface area contributed by atoms with Gasteiger partial charge in [0.15, 0.2) is 0 Å². The summed E-state index contributed by atoms with van der Waals surface area (Å²) >= 11 is 1.46. The Morgan fingerprint density at radius 1 is 1.32 bits per heavy atom. The van der Waals surface area contributed by atoms with Gasteiger partial charge in [0.1, 0.15) is 0 Å². The van der Waals surface area contributed by atoms with Crippen molar-refractivity contribution in [2.75, 3.05) is 25.1 Å². The van der Waals surface area contributed by atoms with Gasteiger partial charge in [-0.15, -0.1) is 11.3 Å². The summed E-state index contributed by atoms with van der Waals surface area (Å²) in [7, 11) is 0. The first-order valence-electron chi connectivity index (χ1n) is 7.06. The molecule has 2 aromatic rings. The number of aliphatic hydroxyl groups is 1. The molecule has 118 valence electrons. The molecule has 0 radical (unpaired) electrons. The fraction of sp³-hybridized carbons (Fsp3) is 0.312. The number of aryl methyl sites for hydroxylation is 1. The predicted octanol–water partition coefficient (Wildman–Crippen LogP) is 2.93. The number of aliphatic hydroxyl groups excluding tert-OH is 1. The summed E-state index contributed by atoms with van der Waals surface area (Å²) in [6.07, 6.45) is -0.290. The minimum Gasteiger partial charge on any atom is -0.394 e. The first-order chi connectivity index (χ1) is 10.7. The van der Waals surface area contributed by atoms with Gasteiger partial charge in [-0.25, -0.2) is 4.79 Å². The van der Waals surface area contributed by atoms with Crippen LogP contribution in [0.5, 0.6) is 0 Å². The first kappa shape index (κ1) is 16.5. The van der Waals surface area contributed by atoms with Gasteiger partial charge in [0.05, 0.1) is 24.3 Å². The molecule has 0 saturated heterocycles. The number of hydrogen-bond donors (Lipinski definition) is 3. The molecule has 0 aliphatic rings. The van der Waals surface area contributed by atoms with Crippen LogP contribution in [0.1, 0.15) is 17.2 Å². The third kappa shape index (κ3) is 5.14. The zero-order chi connectivity index (χ0) is 15.8. The van der Waals surface area contributed by atoms with E-state index in [9.17, 15) is 4.79 Å². The maximum absolute atomic E-state index is 11.9. The monoisotopic (exact) mass is 320 g/mol. The highest BCUT2D eigenvalue weighted by Crippen LogP contribution is 2.18. The van der Waals surface area contributed by atoms with Crippen molar-refractivity contribution in [3.63, 3.8) is 0 Å². The number of ether oxygens (including phenoxy) is 1. The third-order valence-corrected chi connectivity index (χ3v) is 3.85. The number of amides is 2. The van der Waals surface area contributed by atoms with E-state index >= 15 is 0 Å². The summed E-state index contributed by atoms with van der Waals surface area (Å²) in [4.78, 5) is 11.9. The van der Waals surface area contributed by atoms with Crippen molar-refractivity contribution < 1.29 is 14.6 Å². The summed E-state index contributed by atoms with van der Waals surface area (Å²) in [6, 6.07) is 11.4. The van der Waals surface area contributed by atoms with E-state index in [1.165, 1.54) is 11.3 Å². The minimum absolute atomic E-state index is 0.0518. The maximum atomic E-state index is 11.9. The Morgan fingerprint density at radius 2 is 2.09 bits per heavy atom. The van der Waals surface area contributed by atoms with E-state index in [4.69, 9.17) is 9.84 Å². The zero-order valence-electron chi connectivity index (χ0n) is 12.4. The minimum atomic E-state index is -0.290. The van der Waals surface area contributed by atoms with Crippen molar-refractivity contribution in [1.29, 1.82) is 0 Å². The van der Waals surface area contributed by atoms with E-state index in [0.29, 0.717) is 6.54 Å². The number of urea groups is 1. The highest BCUT2D eigenvalue weighted by molar-refractivity contribution is 7.14. The number of rotatable bonds is 7. The van der Waals surface area contributed by atoms with Gasteiger partial charge in [-0.3, -0.25) is 5.32 Å². The van der Waals surface area contributed by atoms with Gasteiger partial charge in [0, 0.05) is 6.54 Å². The molecule has 3 N–H and O–H groups in total. The summed E-state index contributed by atoms with van der Waals surface area (Å²) < 4.78 is 5.61. The molecule has 0 aliphatic carbocycles. The smallest absolute Gasteiger partial charge is 0.319 e. The van der Waals surface area contributed by atoms with Crippen LogP contribution < -0.4 is 10.6 Å². The quantitative estimate of drug-likeness (QED) is 0.734. The lowest BCUT2D eigenvalue weighted by Gasteiger charge is -2.19. The molecule has 1 aromatic heterocycles.